The van der Waals surface area contributed by atoms with Gasteiger partial charge in [0.2, 0.25) is 0 Å². The van der Waals surface area contributed by atoms with Gasteiger partial charge in [0.15, 0.2) is 0 Å². The predicted molar refractivity (Wildman–Crippen MR) is 33.3 cm³/mol. The van der Waals surface area contributed by atoms with Crippen LogP contribution in [0.3, 0.4) is 0 Å². The van der Waals surface area contributed by atoms with Crippen LogP contribution in [0.5, 0.6) is 0 Å². The fraction of sp³-hybridized carbons (Fsp3) is 1.00. The average Bonchev–Trinajstić information content (AvgIpc) is 2.41. The molecule has 1 aliphatic rings. The lowest BCUT2D eigenvalue weighted by atomic mass is 10.3. The van der Waals surface area contributed by atoms with Crippen LogP contribution in [0, 0.1) is 11.1 Å². The van der Waals surface area contributed by atoms with Crippen LogP contribution >= 0.6 is 0 Å². The summed E-state index contributed by atoms with van der Waals surface area (Å²) in [5.74, 6) is 0.895. The largest absolute Gasteiger partial charge is 0.785 e. The van der Waals surface area contributed by atoms with Crippen molar-refractivity contribution in [3.63, 3.8) is 0 Å². The van der Waals surface area contributed by atoms with Gasteiger partial charge in [-0.05, 0) is 25.9 Å². The van der Waals surface area contributed by atoms with Crippen molar-refractivity contribution < 1.29 is 0 Å². The molecule has 0 heterocycles. The first-order valence-electron chi connectivity index (χ1n) is 3.17. The maximum atomic E-state index is 10.3. The lowest BCUT2D eigenvalue weighted by Crippen LogP contribution is -2.10. The van der Waals surface area contributed by atoms with Crippen molar-refractivity contribution in [2.45, 2.75) is 19.3 Å². The van der Waals surface area contributed by atoms with E-state index in [1.165, 1.54) is 12.8 Å². The minimum absolute atomic E-state index is 0.727. The minimum Gasteiger partial charge on any atom is -0.785 e. The van der Waals surface area contributed by atoms with Gasteiger partial charge in [-0.2, -0.15) is 0 Å². The maximum Gasteiger partial charge on any atom is -0.0144 e. The standard InChI is InChI=1S/C6H12NO/c1-7(8)5-4-6-2-3-6/h6H,2-5H2,1H3/q-1. The molecule has 0 bridgehead atoms. The van der Waals surface area contributed by atoms with Crippen LogP contribution in [0.25, 0.3) is 0 Å². The topological polar surface area (TPSA) is 26.3 Å². The molecule has 2 nitrogen and oxygen atoms in total. The summed E-state index contributed by atoms with van der Waals surface area (Å²) in [6.45, 7) is 0.727. The third-order valence-electron chi connectivity index (χ3n) is 1.55. The van der Waals surface area contributed by atoms with Crippen LogP contribution in [0.1, 0.15) is 19.3 Å². The third kappa shape index (κ3) is 2.28. The number of hydrogen-bond acceptors (Lipinski definition) is 2. The zero-order valence-electron chi connectivity index (χ0n) is 5.26. The molecule has 1 aliphatic carbocycles. The van der Waals surface area contributed by atoms with Gasteiger partial charge in [-0.15, -0.1) is 0 Å². The molecule has 0 aromatic rings. The summed E-state index contributed by atoms with van der Waals surface area (Å²) in [6, 6.07) is 0. The van der Waals surface area contributed by atoms with Crippen molar-refractivity contribution in [2.75, 3.05) is 13.6 Å². The molecule has 2 heteroatoms. The Labute approximate surface area is 50.1 Å². The zero-order valence-corrected chi connectivity index (χ0v) is 5.26. The molecule has 0 N–H and O–H groups in total. The monoisotopic (exact) mass is 114 g/mol. The van der Waals surface area contributed by atoms with E-state index in [1.807, 2.05) is 0 Å². The second-order valence-electron chi connectivity index (χ2n) is 2.58. The molecular weight excluding hydrogens is 102 g/mol. The van der Waals surface area contributed by atoms with Crippen molar-refractivity contribution in [3.8, 4) is 0 Å². The number of hydrogen-bond donors (Lipinski definition) is 0. The zero-order chi connectivity index (χ0) is 5.98. The van der Waals surface area contributed by atoms with E-state index in [0.29, 0.717) is 0 Å². The molecule has 0 aromatic carbocycles. The molecule has 48 valence electrons. The molecule has 0 atom stereocenters. The Morgan fingerprint density at radius 2 is 2.25 bits per heavy atom. The molecule has 0 saturated heterocycles. The fourth-order valence-electron chi connectivity index (χ4n) is 0.771. The Morgan fingerprint density at radius 3 is 2.62 bits per heavy atom. The van der Waals surface area contributed by atoms with E-state index in [0.717, 1.165) is 23.9 Å². The molecular formula is C6H12NO-. The quantitative estimate of drug-likeness (QED) is 0.515. The van der Waals surface area contributed by atoms with Crippen LogP contribution < -0.4 is 0 Å². The maximum absolute atomic E-state index is 10.3. The van der Waals surface area contributed by atoms with Crippen LogP contribution in [0.15, 0.2) is 0 Å². The summed E-state index contributed by atoms with van der Waals surface area (Å²) in [6.07, 6.45) is 3.82. The normalized spacial score (nSPS) is 19.9. The molecule has 0 unspecified atom stereocenters. The van der Waals surface area contributed by atoms with Crippen LogP contribution in [-0.4, -0.2) is 18.7 Å². The second kappa shape index (κ2) is 2.46. The molecule has 1 saturated carbocycles. The number of hydroxylamine groups is 2. The summed E-state index contributed by atoms with van der Waals surface area (Å²) >= 11 is 0. The third-order valence-corrected chi connectivity index (χ3v) is 1.55. The molecule has 0 amide bonds. The van der Waals surface area contributed by atoms with Gasteiger partial charge in [-0.3, -0.25) is 0 Å². The Kier molecular flexibility index (Phi) is 1.86. The summed E-state index contributed by atoms with van der Waals surface area (Å²) in [5.41, 5.74) is 0. The highest BCUT2D eigenvalue weighted by atomic mass is 16.5. The molecule has 1 fully saturated rings. The van der Waals surface area contributed by atoms with E-state index < -0.39 is 0 Å². The Hall–Kier alpha value is -0.0800. The first-order valence-corrected chi connectivity index (χ1v) is 3.17. The SMILES string of the molecule is CN([O-])CCC1CC1. The number of rotatable bonds is 3. The fourth-order valence-corrected chi connectivity index (χ4v) is 0.771. The lowest BCUT2D eigenvalue weighted by molar-refractivity contribution is 0.432. The molecule has 8 heavy (non-hydrogen) atoms. The van der Waals surface area contributed by atoms with Crippen LogP contribution in [0.2, 0.25) is 0 Å². The van der Waals surface area contributed by atoms with Crippen molar-refractivity contribution in [3.05, 3.63) is 5.21 Å². The summed E-state index contributed by atoms with van der Waals surface area (Å²) in [5, 5.41) is 11.3. The van der Waals surface area contributed by atoms with Crippen molar-refractivity contribution in [2.24, 2.45) is 5.92 Å². The molecule has 0 aromatic heterocycles. The number of nitrogens with zero attached hydrogens (tertiary/aromatic N) is 1. The van der Waals surface area contributed by atoms with E-state index in [2.05, 4.69) is 0 Å². The van der Waals surface area contributed by atoms with Crippen molar-refractivity contribution in [1.29, 1.82) is 0 Å². The van der Waals surface area contributed by atoms with Gasteiger partial charge in [-0.1, -0.05) is 12.8 Å². The molecule has 0 radical (unpaired) electrons. The van der Waals surface area contributed by atoms with Gasteiger partial charge in [0.25, 0.3) is 0 Å². The van der Waals surface area contributed by atoms with Gasteiger partial charge in [0.05, 0.1) is 0 Å². The van der Waals surface area contributed by atoms with Gasteiger partial charge in [-0.25, -0.2) is 0 Å². The molecule has 1 rings (SSSR count). The highest BCUT2D eigenvalue weighted by Crippen LogP contribution is 2.32. The van der Waals surface area contributed by atoms with Crippen LogP contribution in [0.4, 0.5) is 0 Å². The van der Waals surface area contributed by atoms with E-state index in [1.54, 1.807) is 7.05 Å². The summed E-state index contributed by atoms with van der Waals surface area (Å²) < 4.78 is 0. The van der Waals surface area contributed by atoms with Gasteiger partial charge in [0.1, 0.15) is 0 Å². The Morgan fingerprint density at radius 1 is 1.62 bits per heavy atom. The Bertz CT molecular complexity index is 66.9. The van der Waals surface area contributed by atoms with E-state index >= 15 is 0 Å². The second-order valence-corrected chi connectivity index (χ2v) is 2.58. The smallest absolute Gasteiger partial charge is 0.0144 e. The summed E-state index contributed by atoms with van der Waals surface area (Å²) in [4.78, 5) is 0. The Balaban J connectivity index is 1.87. The molecule has 0 spiro atoms. The van der Waals surface area contributed by atoms with E-state index in [4.69, 9.17) is 0 Å². The first-order chi connectivity index (χ1) is 3.79. The van der Waals surface area contributed by atoms with Gasteiger partial charge in [0, 0.05) is 0 Å². The molecule has 0 aliphatic heterocycles. The predicted octanol–water partition coefficient (Wildman–Crippen LogP) is 1.22. The highest BCUT2D eigenvalue weighted by Gasteiger charge is 2.19. The van der Waals surface area contributed by atoms with E-state index in [9.17, 15) is 5.21 Å². The average molecular weight is 114 g/mol. The van der Waals surface area contributed by atoms with Gasteiger partial charge >= 0.3 is 0 Å². The summed E-state index contributed by atoms with van der Waals surface area (Å²) in [7, 11) is 1.59. The lowest BCUT2D eigenvalue weighted by Gasteiger charge is -2.20. The van der Waals surface area contributed by atoms with Crippen molar-refractivity contribution >= 4 is 0 Å². The minimum atomic E-state index is 0.727. The van der Waals surface area contributed by atoms with Crippen LogP contribution in [-0.2, 0) is 0 Å². The van der Waals surface area contributed by atoms with E-state index in [-0.39, 0.29) is 0 Å². The van der Waals surface area contributed by atoms with Gasteiger partial charge < -0.3 is 10.3 Å². The highest BCUT2D eigenvalue weighted by molar-refractivity contribution is 4.73. The van der Waals surface area contributed by atoms with Crippen molar-refractivity contribution in [1.82, 2.24) is 5.06 Å². The first kappa shape index (κ1) is 6.05.